The van der Waals surface area contributed by atoms with Gasteiger partial charge in [0.15, 0.2) is 0 Å². The molecule has 1 heteroatoms. The Hall–Kier alpha value is -0.820. The molecule has 1 heterocycles. The van der Waals surface area contributed by atoms with Crippen molar-refractivity contribution in [1.82, 2.24) is 0 Å². The minimum absolute atomic E-state index is 0.0374. The lowest BCUT2D eigenvalue weighted by Crippen LogP contribution is -2.30. The fraction of sp³-hybridized carbons (Fsp3) is 0.538. The Kier molecular flexibility index (Phi) is 2.60. The first-order chi connectivity index (χ1) is 6.71. The highest BCUT2D eigenvalue weighted by molar-refractivity contribution is 5.27. The molecule has 76 valence electrons. The van der Waals surface area contributed by atoms with Gasteiger partial charge in [-0.3, -0.25) is 0 Å². The van der Waals surface area contributed by atoms with E-state index in [0.717, 1.165) is 13.0 Å². The van der Waals surface area contributed by atoms with Crippen molar-refractivity contribution < 1.29 is 4.74 Å². The van der Waals surface area contributed by atoms with Crippen molar-refractivity contribution in [2.75, 3.05) is 6.61 Å². The lowest BCUT2D eigenvalue weighted by atomic mass is 9.87. The quantitative estimate of drug-likeness (QED) is 0.659. The van der Waals surface area contributed by atoms with Crippen molar-refractivity contribution in [3.05, 3.63) is 35.4 Å². The summed E-state index contributed by atoms with van der Waals surface area (Å²) in [6.45, 7) is 5.25. The molecule has 0 amide bonds. The van der Waals surface area contributed by atoms with Crippen LogP contribution in [0, 0.1) is 6.92 Å². The van der Waals surface area contributed by atoms with Crippen LogP contribution in [0.3, 0.4) is 0 Å². The van der Waals surface area contributed by atoms with Crippen LogP contribution in [0.15, 0.2) is 24.3 Å². The topological polar surface area (TPSA) is 9.23 Å². The van der Waals surface area contributed by atoms with Crippen LogP contribution in [0.4, 0.5) is 0 Å². The molecule has 1 aliphatic heterocycles. The Labute approximate surface area is 86.1 Å². The van der Waals surface area contributed by atoms with Gasteiger partial charge in [-0.25, -0.2) is 0 Å². The third kappa shape index (κ3) is 1.83. The van der Waals surface area contributed by atoms with Crippen LogP contribution >= 0.6 is 0 Å². The van der Waals surface area contributed by atoms with Crippen molar-refractivity contribution in [3.8, 4) is 0 Å². The third-order valence-corrected chi connectivity index (χ3v) is 3.10. The Bertz CT molecular complexity index is 311. The lowest BCUT2D eigenvalue weighted by molar-refractivity contribution is -0.0701. The Morgan fingerprint density at radius 3 is 2.79 bits per heavy atom. The van der Waals surface area contributed by atoms with Crippen molar-refractivity contribution in [3.63, 3.8) is 0 Å². The van der Waals surface area contributed by atoms with Gasteiger partial charge in [-0.2, -0.15) is 0 Å². The molecule has 1 nitrogen and oxygen atoms in total. The van der Waals surface area contributed by atoms with E-state index < -0.39 is 0 Å². The monoisotopic (exact) mass is 190 g/mol. The second-order valence-corrected chi connectivity index (χ2v) is 4.41. The number of aryl methyl sites for hydroxylation is 1. The molecule has 0 saturated carbocycles. The molecule has 1 saturated heterocycles. The maximum atomic E-state index is 5.91. The van der Waals surface area contributed by atoms with E-state index in [1.807, 2.05) is 0 Å². The fourth-order valence-electron chi connectivity index (χ4n) is 2.14. The van der Waals surface area contributed by atoms with Gasteiger partial charge < -0.3 is 4.74 Å². The van der Waals surface area contributed by atoms with Crippen molar-refractivity contribution >= 4 is 0 Å². The summed E-state index contributed by atoms with van der Waals surface area (Å²) in [5.41, 5.74) is 2.61. The summed E-state index contributed by atoms with van der Waals surface area (Å²) in [5.74, 6) is 0. The maximum Gasteiger partial charge on any atom is 0.0903 e. The standard InChI is InChI=1S/C13H18O/c1-11-6-5-7-12(10-11)13(2)8-3-4-9-14-13/h5-7,10H,3-4,8-9H2,1-2H3. The van der Waals surface area contributed by atoms with Gasteiger partial charge in [0.2, 0.25) is 0 Å². The predicted molar refractivity (Wildman–Crippen MR) is 58.3 cm³/mol. The highest BCUT2D eigenvalue weighted by Crippen LogP contribution is 2.34. The number of ether oxygens (including phenoxy) is 1. The summed E-state index contributed by atoms with van der Waals surface area (Å²) in [4.78, 5) is 0. The molecule has 0 aromatic heterocycles. The number of hydrogen-bond acceptors (Lipinski definition) is 1. The van der Waals surface area contributed by atoms with Crippen molar-refractivity contribution in [2.45, 2.75) is 38.7 Å². The van der Waals surface area contributed by atoms with Crippen LogP contribution in [0.2, 0.25) is 0 Å². The Morgan fingerprint density at radius 1 is 1.29 bits per heavy atom. The average molecular weight is 190 g/mol. The first kappa shape index (κ1) is 9.72. The molecular weight excluding hydrogens is 172 g/mol. The normalized spacial score (nSPS) is 27.6. The average Bonchev–Trinajstić information content (AvgIpc) is 2.19. The van der Waals surface area contributed by atoms with Gasteiger partial charge in [0.1, 0.15) is 0 Å². The largest absolute Gasteiger partial charge is 0.371 e. The van der Waals surface area contributed by atoms with E-state index in [1.54, 1.807) is 0 Å². The summed E-state index contributed by atoms with van der Waals surface area (Å²) >= 11 is 0. The van der Waals surface area contributed by atoms with Crippen LogP contribution in [-0.2, 0) is 10.3 Å². The van der Waals surface area contributed by atoms with Crippen LogP contribution < -0.4 is 0 Å². The molecule has 0 spiro atoms. The molecule has 2 rings (SSSR count). The molecule has 1 atom stereocenters. The van der Waals surface area contributed by atoms with Crippen molar-refractivity contribution in [1.29, 1.82) is 0 Å². The molecule has 1 unspecified atom stereocenters. The highest BCUT2D eigenvalue weighted by atomic mass is 16.5. The van der Waals surface area contributed by atoms with E-state index >= 15 is 0 Å². The van der Waals surface area contributed by atoms with Gasteiger partial charge in [0, 0.05) is 6.61 Å². The SMILES string of the molecule is Cc1cccc(C2(C)CCCCO2)c1. The summed E-state index contributed by atoms with van der Waals surface area (Å²) in [7, 11) is 0. The molecule has 0 aliphatic carbocycles. The number of rotatable bonds is 1. The van der Waals surface area contributed by atoms with Gasteiger partial charge in [-0.15, -0.1) is 0 Å². The Balaban J connectivity index is 2.28. The van der Waals surface area contributed by atoms with E-state index in [9.17, 15) is 0 Å². The fourth-order valence-corrected chi connectivity index (χ4v) is 2.14. The summed E-state index contributed by atoms with van der Waals surface area (Å²) < 4.78 is 5.91. The number of benzene rings is 1. The molecule has 1 aliphatic rings. The molecule has 1 aromatic rings. The lowest BCUT2D eigenvalue weighted by Gasteiger charge is -2.34. The first-order valence-corrected chi connectivity index (χ1v) is 5.42. The van der Waals surface area contributed by atoms with Crippen LogP contribution in [0.25, 0.3) is 0 Å². The molecule has 0 radical (unpaired) electrons. The van der Waals surface area contributed by atoms with Gasteiger partial charge in [0.05, 0.1) is 5.60 Å². The summed E-state index contributed by atoms with van der Waals surface area (Å²) in [5, 5.41) is 0. The van der Waals surface area contributed by atoms with Crippen LogP contribution in [0.5, 0.6) is 0 Å². The van der Waals surface area contributed by atoms with Crippen LogP contribution in [-0.4, -0.2) is 6.61 Å². The zero-order chi connectivity index (χ0) is 10.0. The minimum atomic E-state index is -0.0374. The van der Waals surface area contributed by atoms with E-state index in [-0.39, 0.29) is 5.60 Å². The summed E-state index contributed by atoms with van der Waals surface area (Å²) in [6.07, 6.45) is 3.64. The van der Waals surface area contributed by atoms with E-state index in [0.29, 0.717) is 0 Å². The Morgan fingerprint density at radius 2 is 2.14 bits per heavy atom. The van der Waals surface area contributed by atoms with Gasteiger partial charge in [0.25, 0.3) is 0 Å². The van der Waals surface area contributed by atoms with Crippen LogP contribution in [0.1, 0.15) is 37.3 Å². The highest BCUT2D eigenvalue weighted by Gasteiger charge is 2.29. The molecule has 1 fully saturated rings. The molecular formula is C13H18O. The number of hydrogen-bond donors (Lipinski definition) is 0. The van der Waals surface area contributed by atoms with E-state index in [4.69, 9.17) is 4.74 Å². The second kappa shape index (κ2) is 3.74. The first-order valence-electron chi connectivity index (χ1n) is 5.42. The van der Waals surface area contributed by atoms with E-state index in [1.165, 1.54) is 24.0 Å². The smallest absolute Gasteiger partial charge is 0.0903 e. The van der Waals surface area contributed by atoms with Gasteiger partial charge in [-0.1, -0.05) is 29.8 Å². The second-order valence-electron chi connectivity index (χ2n) is 4.41. The summed E-state index contributed by atoms with van der Waals surface area (Å²) in [6, 6.07) is 8.67. The zero-order valence-corrected chi connectivity index (χ0v) is 9.05. The maximum absolute atomic E-state index is 5.91. The van der Waals surface area contributed by atoms with Gasteiger partial charge >= 0.3 is 0 Å². The minimum Gasteiger partial charge on any atom is -0.371 e. The van der Waals surface area contributed by atoms with Crippen molar-refractivity contribution in [2.24, 2.45) is 0 Å². The molecule has 1 aromatic carbocycles. The molecule has 14 heavy (non-hydrogen) atoms. The third-order valence-electron chi connectivity index (χ3n) is 3.10. The molecule has 0 N–H and O–H groups in total. The van der Waals surface area contributed by atoms with E-state index in [2.05, 4.69) is 38.1 Å². The zero-order valence-electron chi connectivity index (χ0n) is 9.05. The predicted octanol–water partition coefficient (Wildman–Crippen LogP) is 3.41. The van der Waals surface area contributed by atoms with Gasteiger partial charge in [-0.05, 0) is 38.7 Å². The molecule has 0 bridgehead atoms.